The summed E-state index contributed by atoms with van der Waals surface area (Å²) < 4.78 is 7.82. The molecule has 0 unspecified atom stereocenters. The molecule has 1 amide bonds. The lowest BCUT2D eigenvalue weighted by molar-refractivity contribution is -0.113. The van der Waals surface area contributed by atoms with Crippen LogP contribution in [0.3, 0.4) is 0 Å². The summed E-state index contributed by atoms with van der Waals surface area (Å²) in [7, 11) is 1.68. The van der Waals surface area contributed by atoms with Crippen molar-refractivity contribution in [1.82, 2.24) is 4.57 Å². The first-order valence-corrected chi connectivity index (χ1v) is 13.7. The zero-order valence-corrected chi connectivity index (χ0v) is 23.5. The summed E-state index contributed by atoms with van der Waals surface area (Å²) in [5.74, 6) is 0.827. The van der Waals surface area contributed by atoms with Crippen LogP contribution in [-0.4, -0.2) is 17.6 Å². The van der Waals surface area contributed by atoms with Crippen LogP contribution in [0.25, 0.3) is 6.08 Å². The first kappa shape index (κ1) is 26.4. The van der Waals surface area contributed by atoms with E-state index in [4.69, 9.17) is 9.73 Å². The number of nitrogens with one attached hydrogen (secondary N) is 1. The second-order valence-corrected chi connectivity index (χ2v) is 10.9. The molecule has 0 saturated heterocycles. The molecule has 0 spiro atoms. The molecule has 7 heteroatoms. The summed E-state index contributed by atoms with van der Waals surface area (Å²) in [6.07, 6.45) is 1.93. The van der Waals surface area contributed by atoms with Crippen molar-refractivity contribution in [1.29, 1.82) is 0 Å². The number of nitrogens with zero attached hydrogens (tertiary/aromatic N) is 2. The smallest absolute Gasteiger partial charge is 0.271 e. The number of aromatic nitrogens is 1. The number of hydrogen-bond acceptors (Lipinski definition) is 5. The molecule has 1 aromatic heterocycles. The summed E-state index contributed by atoms with van der Waals surface area (Å²) in [6, 6.07) is 22.5. The highest BCUT2D eigenvalue weighted by Gasteiger charge is 2.32. The van der Waals surface area contributed by atoms with Crippen molar-refractivity contribution in [3.63, 3.8) is 0 Å². The van der Waals surface area contributed by atoms with Gasteiger partial charge in [-0.15, -0.1) is 0 Å². The van der Waals surface area contributed by atoms with Gasteiger partial charge in [-0.3, -0.25) is 14.2 Å². The zero-order chi connectivity index (χ0) is 27.7. The van der Waals surface area contributed by atoms with Gasteiger partial charge in [0, 0.05) is 5.69 Å². The Morgan fingerprint density at radius 2 is 1.72 bits per heavy atom. The molecule has 5 rings (SSSR count). The predicted octanol–water partition coefficient (Wildman–Crippen LogP) is 5.31. The summed E-state index contributed by atoms with van der Waals surface area (Å²) in [5.41, 5.74) is 5.45. The van der Waals surface area contributed by atoms with E-state index >= 15 is 0 Å². The molecule has 1 atom stereocenters. The van der Waals surface area contributed by atoms with Crippen LogP contribution in [0.1, 0.15) is 55.0 Å². The van der Waals surface area contributed by atoms with E-state index in [1.165, 1.54) is 11.3 Å². The molecule has 3 aromatic carbocycles. The van der Waals surface area contributed by atoms with E-state index in [0.717, 1.165) is 28.0 Å². The number of benzene rings is 3. The second kappa shape index (κ2) is 10.9. The predicted molar refractivity (Wildman–Crippen MR) is 157 cm³/mol. The van der Waals surface area contributed by atoms with Crippen LogP contribution < -0.4 is 24.9 Å². The number of methoxy groups -OCH3 is 1. The van der Waals surface area contributed by atoms with Gasteiger partial charge in [-0.05, 0) is 72.4 Å². The van der Waals surface area contributed by atoms with E-state index in [-0.39, 0.29) is 17.4 Å². The van der Waals surface area contributed by atoms with E-state index < -0.39 is 6.04 Å². The average molecular weight is 538 g/mol. The largest absolute Gasteiger partial charge is 0.496 e. The van der Waals surface area contributed by atoms with Crippen LogP contribution in [0.5, 0.6) is 5.75 Å². The van der Waals surface area contributed by atoms with Gasteiger partial charge in [-0.25, -0.2) is 4.99 Å². The summed E-state index contributed by atoms with van der Waals surface area (Å²) in [5, 5.41) is 2.99. The van der Waals surface area contributed by atoms with Gasteiger partial charge in [0.25, 0.3) is 11.5 Å². The van der Waals surface area contributed by atoms with Crippen molar-refractivity contribution in [2.75, 3.05) is 12.4 Å². The third kappa shape index (κ3) is 5.10. The van der Waals surface area contributed by atoms with Crippen LogP contribution in [0, 0.1) is 6.92 Å². The minimum atomic E-state index is -0.600. The molecule has 1 aliphatic rings. The van der Waals surface area contributed by atoms with Gasteiger partial charge >= 0.3 is 0 Å². The van der Waals surface area contributed by atoms with Gasteiger partial charge < -0.3 is 10.1 Å². The summed E-state index contributed by atoms with van der Waals surface area (Å²) in [4.78, 5) is 32.9. The highest BCUT2D eigenvalue weighted by Crippen LogP contribution is 2.32. The third-order valence-corrected chi connectivity index (χ3v) is 7.92. The number of ether oxygens (including phenoxy) is 1. The van der Waals surface area contributed by atoms with Gasteiger partial charge in [-0.2, -0.15) is 0 Å². The molecule has 4 aromatic rings. The Morgan fingerprint density at radius 1 is 1.05 bits per heavy atom. The molecule has 39 heavy (non-hydrogen) atoms. The van der Waals surface area contributed by atoms with Gasteiger partial charge in [0.15, 0.2) is 4.80 Å². The van der Waals surface area contributed by atoms with E-state index in [2.05, 4.69) is 25.2 Å². The monoisotopic (exact) mass is 537 g/mol. The molecule has 1 aliphatic heterocycles. The van der Waals surface area contributed by atoms with E-state index in [1.807, 2.05) is 86.7 Å². The number of allylic oxidation sites excluding steroid dienone is 1. The minimum Gasteiger partial charge on any atom is -0.496 e. The van der Waals surface area contributed by atoms with Gasteiger partial charge in [0.2, 0.25) is 0 Å². The second-order valence-electron chi connectivity index (χ2n) is 9.92. The van der Waals surface area contributed by atoms with E-state index in [9.17, 15) is 9.59 Å². The molecule has 2 heterocycles. The number of hydrogen-bond donors (Lipinski definition) is 1. The molecule has 0 aliphatic carbocycles. The Bertz CT molecular complexity index is 1750. The Hall–Kier alpha value is -4.23. The number of fused-ring (bicyclic) bond motifs is 1. The highest BCUT2D eigenvalue weighted by molar-refractivity contribution is 7.07. The number of rotatable bonds is 6. The number of anilines is 1. The maximum atomic E-state index is 14.0. The lowest BCUT2D eigenvalue weighted by Gasteiger charge is -2.25. The first-order valence-electron chi connectivity index (χ1n) is 12.9. The molecule has 198 valence electrons. The van der Waals surface area contributed by atoms with Crippen molar-refractivity contribution >= 4 is 29.0 Å². The van der Waals surface area contributed by atoms with Crippen LogP contribution >= 0.6 is 11.3 Å². The standard InChI is InChI=1S/C32H31N3O3S/c1-19(2)25-17-23(20(3)16-26(25)38-5)18-27-31(37)35-29(22-12-8-6-9-13-22)28(21(4)33-32(35)39-27)30(36)34-24-14-10-7-11-15-24/h6-19,29H,1-5H3,(H,34,36)/b27-18+/t29-/m1/s1. The van der Waals surface area contributed by atoms with Crippen molar-refractivity contribution in [2.45, 2.75) is 39.7 Å². The van der Waals surface area contributed by atoms with Gasteiger partial charge in [0.1, 0.15) is 5.75 Å². The van der Waals surface area contributed by atoms with Crippen LogP contribution in [0.2, 0.25) is 0 Å². The molecule has 0 saturated carbocycles. The molecule has 0 fully saturated rings. The highest BCUT2D eigenvalue weighted by atomic mass is 32.1. The number of aryl methyl sites for hydroxylation is 1. The van der Waals surface area contributed by atoms with Crippen LogP contribution in [-0.2, 0) is 4.79 Å². The number of carbonyl (C=O) groups is 1. The summed E-state index contributed by atoms with van der Waals surface area (Å²) >= 11 is 1.34. The van der Waals surface area contributed by atoms with Crippen molar-refractivity contribution < 1.29 is 9.53 Å². The lowest BCUT2D eigenvalue weighted by atomic mass is 9.95. The third-order valence-electron chi connectivity index (χ3n) is 6.94. The van der Waals surface area contributed by atoms with Crippen LogP contribution in [0.15, 0.2) is 93.9 Å². The Labute approximate surface area is 231 Å². The van der Waals surface area contributed by atoms with Gasteiger partial charge in [-0.1, -0.05) is 73.7 Å². The molecule has 0 bridgehead atoms. The average Bonchev–Trinajstić information content (AvgIpc) is 3.23. The first-order chi connectivity index (χ1) is 18.8. The number of amides is 1. The maximum Gasteiger partial charge on any atom is 0.271 e. The van der Waals surface area contributed by atoms with E-state index in [0.29, 0.717) is 26.3 Å². The topological polar surface area (TPSA) is 72.7 Å². The Balaban J connectivity index is 1.67. The summed E-state index contributed by atoms with van der Waals surface area (Å²) in [6.45, 7) is 8.08. The quantitative estimate of drug-likeness (QED) is 0.362. The SMILES string of the molecule is COc1cc(C)c(/C=c2/sc3n(c2=O)[C@H](c2ccccc2)C(C(=O)Nc2ccccc2)=C(C)N=3)cc1C(C)C. The molecule has 6 nitrogen and oxygen atoms in total. The number of thiazole rings is 1. The Kier molecular flexibility index (Phi) is 7.35. The molecular formula is C32H31N3O3S. The Morgan fingerprint density at radius 3 is 2.36 bits per heavy atom. The van der Waals surface area contributed by atoms with Crippen LogP contribution in [0.4, 0.5) is 5.69 Å². The normalized spacial score (nSPS) is 15.2. The van der Waals surface area contributed by atoms with Gasteiger partial charge in [0.05, 0.1) is 29.0 Å². The van der Waals surface area contributed by atoms with Crippen molar-refractivity contribution in [3.8, 4) is 5.75 Å². The van der Waals surface area contributed by atoms with Crippen molar-refractivity contribution in [2.24, 2.45) is 4.99 Å². The van der Waals surface area contributed by atoms with Crippen molar-refractivity contribution in [3.05, 3.63) is 126 Å². The maximum absolute atomic E-state index is 14.0. The lowest BCUT2D eigenvalue weighted by Crippen LogP contribution is -2.40. The molecular weight excluding hydrogens is 506 g/mol. The molecule has 0 radical (unpaired) electrons. The van der Waals surface area contributed by atoms with E-state index in [1.54, 1.807) is 11.7 Å². The fraction of sp³-hybridized carbons (Fsp3) is 0.219. The molecule has 1 N–H and O–H groups in total. The fourth-order valence-electron chi connectivity index (χ4n) is 4.92. The zero-order valence-electron chi connectivity index (χ0n) is 22.7. The number of para-hydroxylation sites is 1. The minimum absolute atomic E-state index is 0.175. The fourth-order valence-corrected chi connectivity index (χ4v) is 5.96. The number of carbonyl (C=O) groups excluding carboxylic acids is 1.